The molecule has 0 aliphatic carbocycles. The molecule has 0 saturated carbocycles. The van der Waals surface area contributed by atoms with Gasteiger partial charge in [0.05, 0.1) is 14.2 Å². The van der Waals surface area contributed by atoms with Crippen LogP contribution in [-0.2, 0) is 4.79 Å². The average molecular weight is 322 g/mol. The van der Waals surface area contributed by atoms with Crippen LogP contribution in [0.15, 0.2) is 48.0 Å². The number of nitrogens with zero attached hydrogens (tertiary/aromatic N) is 1. The first kappa shape index (κ1) is 17.1. The predicted molar refractivity (Wildman–Crippen MR) is 92.9 cm³/mol. The van der Waals surface area contributed by atoms with Crippen molar-refractivity contribution >= 4 is 17.7 Å². The Balaban J connectivity index is 2.27. The van der Waals surface area contributed by atoms with Crippen LogP contribution in [0.1, 0.15) is 11.1 Å². The summed E-state index contributed by atoms with van der Waals surface area (Å²) in [5, 5.41) is 12.0. The molecule has 2 aromatic carbocycles. The average Bonchev–Trinajstić information content (AvgIpc) is 2.61. The van der Waals surface area contributed by atoms with Gasteiger partial charge in [0, 0.05) is 5.69 Å². The largest absolute Gasteiger partial charge is 0.493 e. The molecule has 0 saturated heterocycles. The number of nitriles is 1. The molecular formula is C19H18N2O3. The first-order valence-corrected chi connectivity index (χ1v) is 7.30. The van der Waals surface area contributed by atoms with Crippen molar-refractivity contribution in [2.24, 2.45) is 0 Å². The number of para-hydroxylation sites is 1. The Bertz CT molecular complexity index is 820. The van der Waals surface area contributed by atoms with Crippen molar-refractivity contribution in [3.05, 3.63) is 59.2 Å². The van der Waals surface area contributed by atoms with Crippen LogP contribution in [0.4, 0.5) is 5.69 Å². The Kier molecular flexibility index (Phi) is 5.58. The van der Waals surface area contributed by atoms with Crippen LogP contribution in [0.5, 0.6) is 11.5 Å². The lowest BCUT2D eigenvalue weighted by Crippen LogP contribution is -2.14. The lowest BCUT2D eigenvalue weighted by atomic mass is 10.1. The van der Waals surface area contributed by atoms with Crippen molar-refractivity contribution < 1.29 is 14.3 Å². The molecule has 0 unspecified atom stereocenters. The number of hydrogen-bond acceptors (Lipinski definition) is 4. The van der Waals surface area contributed by atoms with Gasteiger partial charge in [-0.25, -0.2) is 0 Å². The Morgan fingerprint density at radius 3 is 2.46 bits per heavy atom. The predicted octanol–water partition coefficient (Wildman–Crippen LogP) is 3.56. The van der Waals surface area contributed by atoms with Gasteiger partial charge < -0.3 is 14.8 Å². The van der Waals surface area contributed by atoms with E-state index in [9.17, 15) is 10.1 Å². The molecule has 0 fully saturated rings. The van der Waals surface area contributed by atoms with E-state index in [-0.39, 0.29) is 5.57 Å². The molecule has 0 heterocycles. The molecule has 0 aliphatic rings. The summed E-state index contributed by atoms with van der Waals surface area (Å²) in [6.07, 6.45) is 1.51. The van der Waals surface area contributed by atoms with Gasteiger partial charge in [-0.3, -0.25) is 4.79 Å². The maximum Gasteiger partial charge on any atom is 0.266 e. The highest BCUT2D eigenvalue weighted by Crippen LogP contribution is 2.28. The lowest BCUT2D eigenvalue weighted by molar-refractivity contribution is -0.112. The topological polar surface area (TPSA) is 71.3 Å². The van der Waals surface area contributed by atoms with Crippen LogP contribution >= 0.6 is 0 Å². The number of carbonyl (C=O) groups is 1. The van der Waals surface area contributed by atoms with Gasteiger partial charge in [-0.15, -0.1) is 0 Å². The molecule has 0 aromatic heterocycles. The monoisotopic (exact) mass is 322 g/mol. The fraction of sp³-hybridized carbons (Fsp3) is 0.158. The molecule has 5 nitrogen and oxygen atoms in total. The second-order valence-corrected chi connectivity index (χ2v) is 5.05. The standard InChI is InChI=1S/C19H18N2O3/c1-13-6-4-5-7-16(13)21-19(22)15(12-20)10-14-8-9-17(23-2)18(11-14)24-3/h4-11H,1-3H3,(H,21,22). The van der Waals surface area contributed by atoms with Crippen molar-refractivity contribution in [3.63, 3.8) is 0 Å². The van der Waals surface area contributed by atoms with E-state index in [0.717, 1.165) is 5.56 Å². The van der Waals surface area contributed by atoms with Gasteiger partial charge >= 0.3 is 0 Å². The number of carbonyl (C=O) groups excluding carboxylic acids is 1. The molecule has 5 heteroatoms. The number of ether oxygens (including phenoxy) is 2. The third-order valence-electron chi connectivity index (χ3n) is 3.48. The zero-order chi connectivity index (χ0) is 17.5. The molecule has 1 amide bonds. The molecule has 2 aromatic rings. The van der Waals surface area contributed by atoms with Crippen LogP contribution in [0.3, 0.4) is 0 Å². The van der Waals surface area contributed by atoms with Crippen LogP contribution < -0.4 is 14.8 Å². The Morgan fingerprint density at radius 2 is 1.83 bits per heavy atom. The van der Waals surface area contributed by atoms with E-state index in [1.165, 1.54) is 13.2 Å². The number of nitrogens with one attached hydrogen (secondary N) is 1. The molecule has 1 N–H and O–H groups in total. The van der Waals surface area contributed by atoms with E-state index in [1.54, 1.807) is 31.4 Å². The number of rotatable bonds is 5. The number of amides is 1. The lowest BCUT2D eigenvalue weighted by Gasteiger charge is -2.09. The normalized spacial score (nSPS) is 10.7. The van der Waals surface area contributed by atoms with E-state index < -0.39 is 5.91 Å². The Morgan fingerprint density at radius 1 is 1.12 bits per heavy atom. The summed E-state index contributed by atoms with van der Waals surface area (Å²) in [5.41, 5.74) is 2.28. The van der Waals surface area contributed by atoms with Crippen LogP contribution in [0, 0.1) is 18.3 Å². The second-order valence-electron chi connectivity index (χ2n) is 5.05. The number of hydrogen-bond donors (Lipinski definition) is 1. The van der Waals surface area contributed by atoms with Gasteiger partial charge in [0.25, 0.3) is 5.91 Å². The molecule has 24 heavy (non-hydrogen) atoms. The first-order valence-electron chi connectivity index (χ1n) is 7.30. The van der Waals surface area contributed by atoms with Gasteiger partial charge in [0.15, 0.2) is 11.5 Å². The van der Waals surface area contributed by atoms with E-state index in [2.05, 4.69) is 5.32 Å². The SMILES string of the molecule is COc1ccc(C=C(C#N)C(=O)Nc2ccccc2C)cc1OC. The second kappa shape index (κ2) is 7.84. The summed E-state index contributed by atoms with van der Waals surface area (Å²) in [6.45, 7) is 1.89. The van der Waals surface area contributed by atoms with Crippen LogP contribution in [0.25, 0.3) is 6.08 Å². The fourth-order valence-electron chi connectivity index (χ4n) is 2.16. The summed E-state index contributed by atoms with van der Waals surface area (Å²) >= 11 is 0. The molecule has 0 atom stereocenters. The van der Waals surface area contributed by atoms with Gasteiger partial charge in [-0.2, -0.15) is 5.26 Å². The van der Waals surface area contributed by atoms with Crippen molar-refractivity contribution in [2.45, 2.75) is 6.92 Å². The minimum Gasteiger partial charge on any atom is -0.493 e. The smallest absolute Gasteiger partial charge is 0.266 e. The third-order valence-corrected chi connectivity index (χ3v) is 3.48. The van der Waals surface area contributed by atoms with Crippen LogP contribution in [0.2, 0.25) is 0 Å². The van der Waals surface area contributed by atoms with Gasteiger partial charge in [0.2, 0.25) is 0 Å². The molecule has 0 radical (unpaired) electrons. The Hall–Kier alpha value is -3.26. The molecule has 0 spiro atoms. The fourth-order valence-corrected chi connectivity index (χ4v) is 2.16. The summed E-state index contributed by atoms with van der Waals surface area (Å²) in [4.78, 5) is 12.3. The van der Waals surface area contributed by atoms with Crippen molar-refractivity contribution in [1.82, 2.24) is 0 Å². The summed E-state index contributed by atoms with van der Waals surface area (Å²) in [7, 11) is 3.07. The molecular weight excluding hydrogens is 304 g/mol. The van der Waals surface area contributed by atoms with E-state index >= 15 is 0 Å². The van der Waals surface area contributed by atoms with Gasteiger partial charge in [-0.05, 0) is 42.3 Å². The van der Waals surface area contributed by atoms with Crippen molar-refractivity contribution in [3.8, 4) is 17.6 Å². The van der Waals surface area contributed by atoms with E-state index in [4.69, 9.17) is 9.47 Å². The number of aryl methyl sites for hydroxylation is 1. The zero-order valence-corrected chi connectivity index (χ0v) is 13.8. The first-order chi connectivity index (χ1) is 11.6. The summed E-state index contributed by atoms with van der Waals surface area (Å²) < 4.78 is 10.4. The number of anilines is 1. The maximum absolute atomic E-state index is 12.3. The highest BCUT2D eigenvalue weighted by atomic mass is 16.5. The highest BCUT2D eigenvalue weighted by Gasteiger charge is 2.11. The van der Waals surface area contributed by atoms with E-state index in [1.807, 2.05) is 31.2 Å². The quantitative estimate of drug-likeness (QED) is 0.675. The molecule has 2 rings (SSSR count). The molecule has 0 aliphatic heterocycles. The number of methoxy groups -OCH3 is 2. The van der Waals surface area contributed by atoms with Crippen molar-refractivity contribution in [1.29, 1.82) is 5.26 Å². The molecule has 122 valence electrons. The highest BCUT2D eigenvalue weighted by molar-refractivity contribution is 6.10. The molecule has 0 bridgehead atoms. The van der Waals surface area contributed by atoms with Crippen LogP contribution in [-0.4, -0.2) is 20.1 Å². The van der Waals surface area contributed by atoms with Crippen molar-refractivity contribution in [2.75, 3.05) is 19.5 Å². The third kappa shape index (κ3) is 3.93. The summed E-state index contributed by atoms with van der Waals surface area (Å²) in [6, 6.07) is 14.5. The van der Waals surface area contributed by atoms with E-state index in [0.29, 0.717) is 22.7 Å². The maximum atomic E-state index is 12.3. The Labute approximate surface area is 141 Å². The number of benzene rings is 2. The summed E-state index contributed by atoms with van der Waals surface area (Å²) in [5.74, 6) is 0.655. The minimum absolute atomic E-state index is 0.00507. The minimum atomic E-state index is -0.457. The van der Waals surface area contributed by atoms with Gasteiger partial charge in [0.1, 0.15) is 11.6 Å². The van der Waals surface area contributed by atoms with Gasteiger partial charge in [-0.1, -0.05) is 24.3 Å². The zero-order valence-electron chi connectivity index (χ0n) is 13.8.